The van der Waals surface area contributed by atoms with Crippen LogP contribution in [0.1, 0.15) is 18.4 Å². The van der Waals surface area contributed by atoms with E-state index in [0.29, 0.717) is 42.3 Å². The number of nitrogens with zero attached hydrogens (tertiary/aromatic N) is 4. The molecule has 1 aromatic heterocycles. The van der Waals surface area contributed by atoms with Gasteiger partial charge in [0.15, 0.2) is 0 Å². The SMILES string of the molecule is N#Cc1ccc(-c2cc(N3CCCC(C(=O)Nc4ccc(F)cc4)C3)nc(N)n2)cc1F. The van der Waals surface area contributed by atoms with E-state index in [9.17, 15) is 13.6 Å². The van der Waals surface area contributed by atoms with E-state index in [2.05, 4.69) is 15.3 Å². The average molecular weight is 434 g/mol. The quantitative estimate of drug-likeness (QED) is 0.648. The second-order valence-electron chi connectivity index (χ2n) is 7.56. The number of nitrogen functional groups attached to an aromatic ring is 1. The maximum atomic E-state index is 14.1. The molecule has 0 bridgehead atoms. The minimum absolute atomic E-state index is 0.0279. The summed E-state index contributed by atoms with van der Waals surface area (Å²) >= 11 is 0. The molecular weight excluding hydrogens is 414 g/mol. The lowest BCUT2D eigenvalue weighted by Crippen LogP contribution is -2.41. The molecule has 1 amide bonds. The first kappa shape index (κ1) is 21.2. The van der Waals surface area contributed by atoms with Crippen LogP contribution in [-0.4, -0.2) is 29.0 Å². The number of halogens is 2. The number of aromatic nitrogens is 2. The zero-order valence-electron chi connectivity index (χ0n) is 17.1. The number of rotatable bonds is 4. The number of nitriles is 1. The van der Waals surface area contributed by atoms with Gasteiger partial charge in [0.1, 0.15) is 23.5 Å². The number of nitrogens with one attached hydrogen (secondary N) is 1. The minimum Gasteiger partial charge on any atom is -0.368 e. The number of hydrogen-bond acceptors (Lipinski definition) is 6. The van der Waals surface area contributed by atoms with Crippen molar-refractivity contribution in [3.05, 3.63) is 65.7 Å². The van der Waals surface area contributed by atoms with Gasteiger partial charge in [-0.1, -0.05) is 6.07 Å². The summed E-state index contributed by atoms with van der Waals surface area (Å²) in [7, 11) is 0. The van der Waals surface area contributed by atoms with Crippen LogP contribution in [0.15, 0.2) is 48.5 Å². The summed E-state index contributed by atoms with van der Waals surface area (Å²) in [4.78, 5) is 23.2. The number of benzene rings is 2. The van der Waals surface area contributed by atoms with Gasteiger partial charge in [-0.2, -0.15) is 10.2 Å². The third kappa shape index (κ3) is 4.64. The van der Waals surface area contributed by atoms with Gasteiger partial charge in [0, 0.05) is 30.4 Å². The molecule has 4 rings (SSSR count). The normalized spacial score (nSPS) is 15.8. The predicted octanol–water partition coefficient (Wildman–Crippen LogP) is 3.73. The van der Waals surface area contributed by atoms with Crippen LogP contribution in [0.2, 0.25) is 0 Å². The van der Waals surface area contributed by atoms with Crippen molar-refractivity contribution in [2.24, 2.45) is 5.92 Å². The van der Waals surface area contributed by atoms with E-state index >= 15 is 0 Å². The highest BCUT2D eigenvalue weighted by Gasteiger charge is 2.27. The van der Waals surface area contributed by atoms with E-state index < -0.39 is 5.82 Å². The van der Waals surface area contributed by atoms with Gasteiger partial charge in [0.2, 0.25) is 11.9 Å². The molecule has 0 aliphatic carbocycles. The molecule has 1 aliphatic heterocycles. The number of carbonyl (C=O) groups is 1. The first-order chi connectivity index (χ1) is 15.4. The van der Waals surface area contributed by atoms with Crippen LogP contribution in [0, 0.1) is 28.9 Å². The van der Waals surface area contributed by atoms with Crippen LogP contribution in [0.25, 0.3) is 11.3 Å². The van der Waals surface area contributed by atoms with E-state index in [0.717, 1.165) is 6.42 Å². The van der Waals surface area contributed by atoms with E-state index in [1.54, 1.807) is 18.2 Å². The first-order valence-electron chi connectivity index (χ1n) is 10.1. The van der Waals surface area contributed by atoms with Crippen molar-refractivity contribution >= 4 is 23.4 Å². The standard InChI is InChI=1S/C23H20F2N6O/c24-17-5-7-18(8-6-17)28-22(32)16-2-1-9-31(13-16)21-11-20(29-23(27)30-21)14-3-4-15(12-26)19(25)10-14/h3-8,10-11,16H,1-2,9,13H2,(H,28,32)(H2,27,29,30). The van der Waals surface area contributed by atoms with Crippen molar-refractivity contribution in [1.29, 1.82) is 5.26 Å². The molecule has 1 aliphatic rings. The molecule has 0 radical (unpaired) electrons. The summed E-state index contributed by atoms with van der Waals surface area (Å²) < 4.78 is 27.1. The minimum atomic E-state index is -0.640. The summed E-state index contributed by atoms with van der Waals surface area (Å²) in [6.45, 7) is 1.10. The second-order valence-corrected chi connectivity index (χ2v) is 7.56. The summed E-state index contributed by atoms with van der Waals surface area (Å²) in [5, 5.41) is 11.7. The van der Waals surface area contributed by atoms with Gasteiger partial charge < -0.3 is 16.0 Å². The van der Waals surface area contributed by atoms with Crippen LogP contribution in [0.3, 0.4) is 0 Å². The largest absolute Gasteiger partial charge is 0.368 e. The Hall–Kier alpha value is -4.06. The van der Waals surface area contributed by atoms with Crippen LogP contribution in [0.5, 0.6) is 0 Å². The zero-order valence-corrected chi connectivity index (χ0v) is 17.1. The van der Waals surface area contributed by atoms with E-state index in [1.165, 1.54) is 36.4 Å². The monoisotopic (exact) mass is 434 g/mol. The Kier molecular flexibility index (Phi) is 5.94. The Bertz CT molecular complexity index is 1190. The average Bonchev–Trinajstić information content (AvgIpc) is 2.80. The number of carbonyl (C=O) groups excluding carboxylic acids is 1. The van der Waals surface area contributed by atoms with Gasteiger partial charge in [-0.15, -0.1) is 0 Å². The second kappa shape index (κ2) is 8.98. The maximum Gasteiger partial charge on any atom is 0.229 e. The Labute approximate surface area is 183 Å². The van der Waals surface area contributed by atoms with Gasteiger partial charge in [0.05, 0.1) is 17.2 Å². The topological polar surface area (TPSA) is 108 Å². The zero-order chi connectivity index (χ0) is 22.7. The van der Waals surface area contributed by atoms with Gasteiger partial charge in [-0.25, -0.2) is 13.8 Å². The Morgan fingerprint density at radius 2 is 1.94 bits per heavy atom. The van der Waals surface area contributed by atoms with Crippen molar-refractivity contribution in [2.45, 2.75) is 12.8 Å². The molecule has 1 saturated heterocycles. The molecule has 2 aromatic carbocycles. The molecule has 3 N–H and O–H groups in total. The third-order valence-electron chi connectivity index (χ3n) is 5.34. The Morgan fingerprint density at radius 3 is 2.66 bits per heavy atom. The van der Waals surface area contributed by atoms with Gasteiger partial charge in [0.25, 0.3) is 0 Å². The molecule has 7 nitrogen and oxygen atoms in total. The summed E-state index contributed by atoms with van der Waals surface area (Å²) in [6.07, 6.45) is 1.48. The van der Waals surface area contributed by atoms with Gasteiger partial charge in [-0.3, -0.25) is 4.79 Å². The van der Waals surface area contributed by atoms with Crippen molar-refractivity contribution < 1.29 is 13.6 Å². The molecule has 2 heterocycles. The number of hydrogen-bond donors (Lipinski definition) is 2. The van der Waals surface area contributed by atoms with Crippen molar-refractivity contribution in [3.8, 4) is 17.3 Å². The van der Waals surface area contributed by atoms with Crippen LogP contribution < -0.4 is 16.0 Å². The van der Waals surface area contributed by atoms with Crippen LogP contribution in [-0.2, 0) is 4.79 Å². The van der Waals surface area contributed by atoms with Crippen LogP contribution in [0.4, 0.5) is 26.2 Å². The number of anilines is 3. The lowest BCUT2D eigenvalue weighted by molar-refractivity contribution is -0.120. The van der Waals surface area contributed by atoms with Crippen LogP contribution >= 0.6 is 0 Å². The van der Waals surface area contributed by atoms with E-state index in [4.69, 9.17) is 11.0 Å². The van der Waals surface area contributed by atoms with Gasteiger partial charge >= 0.3 is 0 Å². The highest BCUT2D eigenvalue weighted by atomic mass is 19.1. The predicted molar refractivity (Wildman–Crippen MR) is 117 cm³/mol. The van der Waals surface area contributed by atoms with Gasteiger partial charge in [-0.05, 0) is 49.2 Å². The fraction of sp³-hybridized carbons (Fsp3) is 0.217. The molecule has 32 heavy (non-hydrogen) atoms. The van der Waals surface area contributed by atoms with Crippen molar-refractivity contribution in [1.82, 2.24) is 9.97 Å². The summed E-state index contributed by atoms with van der Waals surface area (Å²) in [5.41, 5.74) is 7.28. The summed E-state index contributed by atoms with van der Waals surface area (Å²) in [5.74, 6) is -0.888. The molecule has 0 spiro atoms. The lowest BCUT2D eigenvalue weighted by atomic mass is 9.97. The fourth-order valence-corrected chi connectivity index (χ4v) is 3.70. The van der Waals surface area contributed by atoms with Crippen molar-refractivity contribution in [3.63, 3.8) is 0 Å². The van der Waals surface area contributed by atoms with E-state index in [1.807, 2.05) is 4.90 Å². The molecule has 1 unspecified atom stereocenters. The molecule has 3 aromatic rings. The molecule has 9 heteroatoms. The molecule has 1 fully saturated rings. The molecule has 162 valence electrons. The number of nitrogens with two attached hydrogens (primary N) is 1. The summed E-state index contributed by atoms with van der Waals surface area (Å²) in [6, 6.07) is 13.3. The van der Waals surface area contributed by atoms with Crippen molar-refractivity contribution in [2.75, 3.05) is 29.0 Å². The highest BCUT2D eigenvalue weighted by Crippen LogP contribution is 2.28. The molecule has 0 saturated carbocycles. The molecule has 1 atom stereocenters. The Balaban J connectivity index is 1.53. The smallest absolute Gasteiger partial charge is 0.229 e. The lowest BCUT2D eigenvalue weighted by Gasteiger charge is -2.33. The fourth-order valence-electron chi connectivity index (χ4n) is 3.70. The first-order valence-corrected chi connectivity index (χ1v) is 10.1. The third-order valence-corrected chi connectivity index (χ3v) is 5.34. The number of amides is 1. The maximum absolute atomic E-state index is 14.1. The Morgan fingerprint density at radius 1 is 1.16 bits per heavy atom. The number of piperidine rings is 1. The van der Waals surface area contributed by atoms with E-state index in [-0.39, 0.29) is 29.2 Å². The highest BCUT2D eigenvalue weighted by molar-refractivity contribution is 5.93. The molecular formula is C23H20F2N6O.